The highest BCUT2D eigenvalue weighted by molar-refractivity contribution is 7.99. The maximum atomic E-state index is 13.5. The number of carbonyl (C=O) groups excluding carboxylic acids is 1. The Kier molecular flexibility index (Phi) is 8.49. The molecule has 0 spiro atoms. The average molecular weight is 569 g/mol. The number of esters is 1. The summed E-state index contributed by atoms with van der Waals surface area (Å²) < 4.78 is 13.6. The number of aromatic nitrogens is 3. The van der Waals surface area contributed by atoms with Crippen molar-refractivity contribution in [3.05, 3.63) is 112 Å². The van der Waals surface area contributed by atoms with E-state index in [0.717, 1.165) is 28.2 Å². The summed E-state index contributed by atoms with van der Waals surface area (Å²) in [5, 5.41) is 8.66. The first kappa shape index (κ1) is 28.5. The molecule has 0 amide bonds. The summed E-state index contributed by atoms with van der Waals surface area (Å²) in [5.74, 6) is 1.80. The van der Waals surface area contributed by atoms with Crippen molar-refractivity contribution in [2.24, 2.45) is 0 Å². The number of hydrogen-bond acceptors (Lipinski definition) is 7. The Hall–Kier alpha value is -4.04. The molecular formula is C33H36N4O3S. The van der Waals surface area contributed by atoms with Gasteiger partial charge in [0, 0.05) is 5.70 Å². The Morgan fingerprint density at radius 2 is 1.63 bits per heavy atom. The van der Waals surface area contributed by atoms with Crippen LogP contribution in [0.5, 0.6) is 5.75 Å². The molecule has 1 aliphatic rings. The number of nitrogens with one attached hydrogen (secondary N) is 1. The minimum Gasteiger partial charge on any atom is -0.489 e. The predicted molar refractivity (Wildman–Crippen MR) is 163 cm³/mol. The molecule has 2 heterocycles. The number of thioether (sulfide) groups is 1. The molecule has 0 bridgehead atoms. The molecule has 0 fully saturated rings. The van der Waals surface area contributed by atoms with Gasteiger partial charge in [-0.05, 0) is 52.5 Å². The van der Waals surface area contributed by atoms with E-state index in [1.165, 1.54) is 5.56 Å². The van der Waals surface area contributed by atoms with Crippen LogP contribution >= 0.6 is 11.8 Å². The maximum Gasteiger partial charge on any atom is 0.338 e. The minimum absolute atomic E-state index is 0.115. The standard InChI is InChI=1S/C33H36N4O3S/c1-6-41-32-35-31-34-22(2)28(30(38)40-21-23-10-8-7-9-11-23)29(37(31)36-32)25-14-18-27(19-15-25)39-20-24-12-16-26(17-13-24)33(3,4)5/h7-19,29H,6,20-21H2,1-5H3,(H,34,35,36). The van der Waals surface area contributed by atoms with Gasteiger partial charge in [-0.2, -0.15) is 4.98 Å². The zero-order valence-corrected chi connectivity index (χ0v) is 25.0. The molecule has 3 aromatic carbocycles. The van der Waals surface area contributed by atoms with Crippen LogP contribution in [0.1, 0.15) is 62.9 Å². The van der Waals surface area contributed by atoms with Crippen molar-refractivity contribution >= 4 is 23.7 Å². The lowest BCUT2D eigenvalue weighted by Crippen LogP contribution is -2.29. The smallest absolute Gasteiger partial charge is 0.338 e. The third-order valence-electron chi connectivity index (χ3n) is 6.96. The Morgan fingerprint density at radius 1 is 0.951 bits per heavy atom. The Balaban J connectivity index is 1.37. The normalized spacial score (nSPS) is 14.8. The van der Waals surface area contributed by atoms with Crippen LogP contribution in [-0.4, -0.2) is 26.5 Å². The molecule has 1 aromatic heterocycles. The zero-order valence-electron chi connectivity index (χ0n) is 24.2. The molecule has 8 heteroatoms. The third-order valence-corrected chi connectivity index (χ3v) is 7.68. The van der Waals surface area contributed by atoms with Gasteiger partial charge in [0.25, 0.3) is 0 Å². The number of rotatable bonds is 9. The predicted octanol–water partition coefficient (Wildman–Crippen LogP) is 7.30. The van der Waals surface area contributed by atoms with Crippen molar-refractivity contribution in [2.45, 2.75) is 64.4 Å². The lowest BCUT2D eigenvalue weighted by Gasteiger charge is -2.28. The van der Waals surface area contributed by atoms with E-state index in [0.29, 0.717) is 29.0 Å². The fourth-order valence-corrected chi connectivity index (χ4v) is 5.26. The number of anilines is 1. The van der Waals surface area contributed by atoms with Gasteiger partial charge in [-0.15, -0.1) is 5.10 Å². The number of carbonyl (C=O) groups is 1. The molecule has 1 aliphatic heterocycles. The number of nitrogens with zero attached hydrogens (tertiary/aromatic N) is 3. The lowest BCUT2D eigenvalue weighted by molar-refractivity contribution is -0.140. The van der Waals surface area contributed by atoms with Crippen molar-refractivity contribution in [2.75, 3.05) is 11.1 Å². The summed E-state index contributed by atoms with van der Waals surface area (Å²) >= 11 is 1.56. The van der Waals surface area contributed by atoms with Crippen molar-refractivity contribution in [3.8, 4) is 5.75 Å². The monoisotopic (exact) mass is 568 g/mol. The van der Waals surface area contributed by atoms with E-state index < -0.39 is 12.0 Å². The molecule has 0 saturated heterocycles. The van der Waals surface area contributed by atoms with Gasteiger partial charge in [-0.1, -0.05) is 106 Å². The van der Waals surface area contributed by atoms with Gasteiger partial charge in [0.1, 0.15) is 25.0 Å². The molecule has 41 heavy (non-hydrogen) atoms. The summed E-state index contributed by atoms with van der Waals surface area (Å²) in [5.41, 5.74) is 5.52. The first-order valence-electron chi connectivity index (χ1n) is 13.8. The number of hydrogen-bond donors (Lipinski definition) is 1. The zero-order chi connectivity index (χ0) is 29.0. The topological polar surface area (TPSA) is 78.3 Å². The molecule has 5 rings (SSSR count). The summed E-state index contributed by atoms with van der Waals surface area (Å²) in [6.07, 6.45) is 0. The van der Waals surface area contributed by atoms with Crippen molar-refractivity contribution in [1.29, 1.82) is 0 Å². The summed E-state index contributed by atoms with van der Waals surface area (Å²) in [4.78, 5) is 18.2. The minimum atomic E-state index is -0.493. The molecule has 0 radical (unpaired) electrons. The third kappa shape index (κ3) is 6.65. The quantitative estimate of drug-likeness (QED) is 0.168. The highest BCUT2D eigenvalue weighted by Gasteiger charge is 2.35. The van der Waals surface area contributed by atoms with E-state index in [1.807, 2.05) is 61.5 Å². The Morgan fingerprint density at radius 3 is 2.29 bits per heavy atom. The first-order chi connectivity index (χ1) is 19.7. The van der Waals surface area contributed by atoms with Crippen LogP contribution in [0.25, 0.3) is 0 Å². The van der Waals surface area contributed by atoms with Crippen LogP contribution in [-0.2, 0) is 28.2 Å². The van der Waals surface area contributed by atoms with E-state index in [1.54, 1.807) is 16.4 Å². The second kappa shape index (κ2) is 12.2. The second-order valence-electron chi connectivity index (χ2n) is 11.0. The Bertz CT molecular complexity index is 1520. The van der Waals surface area contributed by atoms with Crippen LogP contribution in [0, 0.1) is 0 Å². The number of allylic oxidation sites excluding steroid dienone is 1. The van der Waals surface area contributed by atoms with E-state index in [4.69, 9.17) is 14.6 Å². The molecular weight excluding hydrogens is 532 g/mol. The summed E-state index contributed by atoms with van der Waals surface area (Å²) in [6, 6.07) is 25.5. The van der Waals surface area contributed by atoms with E-state index in [-0.39, 0.29) is 12.0 Å². The molecule has 1 atom stereocenters. The van der Waals surface area contributed by atoms with E-state index in [2.05, 4.69) is 62.3 Å². The SMILES string of the molecule is CCSc1nc2n(n1)C(c1ccc(OCc3ccc(C(C)(C)C)cc3)cc1)C(C(=O)OCc1ccccc1)=C(C)N2. The lowest BCUT2D eigenvalue weighted by atomic mass is 9.87. The maximum absolute atomic E-state index is 13.5. The van der Waals surface area contributed by atoms with Crippen molar-refractivity contribution < 1.29 is 14.3 Å². The Labute approximate surface area is 246 Å². The molecule has 212 valence electrons. The van der Waals surface area contributed by atoms with Crippen LogP contribution in [0.2, 0.25) is 0 Å². The van der Waals surface area contributed by atoms with Crippen LogP contribution < -0.4 is 10.1 Å². The number of ether oxygens (including phenoxy) is 2. The molecule has 0 aliphatic carbocycles. The average Bonchev–Trinajstić information content (AvgIpc) is 3.36. The van der Waals surface area contributed by atoms with Gasteiger partial charge in [0.2, 0.25) is 11.1 Å². The molecule has 7 nitrogen and oxygen atoms in total. The van der Waals surface area contributed by atoms with Crippen LogP contribution in [0.3, 0.4) is 0 Å². The highest BCUT2D eigenvalue weighted by atomic mass is 32.2. The van der Waals surface area contributed by atoms with Crippen LogP contribution in [0.4, 0.5) is 5.95 Å². The number of fused-ring (bicyclic) bond motifs is 1. The highest BCUT2D eigenvalue weighted by Crippen LogP contribution is 2.37. The van der Waals surface area contributed by atoms with Crippen molar-refractivity contribution in [3.63, 3.8) is 0 Å². The van der Waals surface area contributed by atoms with Gasteiger partial charge < -0.3 is 14.8 Å². The van der Waals surface area contributed by atoms with E-state index in [9.17, 15) is 4.79 Å². The van der Waals surface area contributed by atoms with Gasteiger partial charge in [0.15, 0.2) is 0 Å². The molecule has 1 N–H and O–H groups in total. The fraction of sp³-hybridized carbons (Fsp3) is 0.303. The van der Waals surface area contributed by atoms with Gasteiger partial charge in [-0.25, -0.2) is 9.48 Å². The second-order valence-corrected chi connectivity index (χ2v) is 12.3. The van der Waals surface area contributed by atoms with Crippen LogP contribution in [0.15, 0.2) is 95.3 Å². The fourth-order valence-electron chi connectivity index (χ4n) is 4.71. The first-order valence-corrected chi connectivity index (χ1v) is 14.8. The van der Waals surface area contributed by atoms with Gasteiger partial charge in [0.05, 0.1) is 5.57 Å². The van der Waals surface area contributed by atoms with Gasteiger partial charge >= 0.3 is 5.97 Å². The van der Waals surface area contributed by atoms with Gasteiger partial charge in [-0.3, -0.25) is 0 Å². The summed E-state index contributed by atoms with van der Waals surface area (Å²) in [6.45, 7) is 11.2. The molecule has 0 saturated carbocycles. The largest absolute Gasteiger partial charge is 0.489 e. The molecule has 4 aromatic rings. The molecule has 1 unspecified atom stereocenters. The van der Waals surface area contributed by atoms with E-state index >= 15 is 0 Å². The van der Waals surface area contributed by atoms with Crippen molar-refractivity contribution in [1.82, 2.24) is 14.8 Å². The summed E-state index contributed by atoms with van der Waals surface area (Å²) in [7, 11) is 0. The number of benzene rings is 3.